The lowest BCUT2D eigenvalue weighted by atomic mass is 10.2. The largest absolute Gasteiger partial charge is 0.494 e. The minimum atomic E-state index is -0.491. The van der Waals surface area contributed by atoms with Gasteiger partial charge in [0.1, 0.15) is 22.9 Å². The fourth-order valence-electron chi connectivity index (χ4n) is 3.00. The van der Waals surface area contributed by atoms with E-state index in [4.69, 9.17) is 9.47 Å². The number of hydrogen-bond donors (Lipinski definition) is 3. The number of pyridine rings is 1. The number of nitro benzene ring substituents is 1. The normalized spacial score (nSPS) is 10.6. The number of anilines is 2. The molecule has 0 fully saturated rings. The molecule has 2 aromatic carbocycles. The number of aromatic nitrogens is 3. The first-order valence-corrected chi connectivity index (χ1v) is 9.42. The molecule has 2 aromatic heterocycles. The van der Waals surface area contributed by atoms with Gasteiger partial charge in [0, 0.05) is 31.4 Å². The minimum absolute atomic E-state index is 0.0746. The average molecular weight is 434 g/mol. The van der Waals surface area contributed by atoms with Crippen molar-refractivity contribution in [1.82, 2.24) is 20.3 Å². The number of non-ortho nitro benzene ring substituents is 1. The molecule has 11 heteroatoms. The van der Waals surface area contributed by atoms with Crippen molar-refractivity contribution in [2.75, 3.05) is 19.5 Å². The number of H-pyrrole nitrogens is 1. The van der Waals surface area contributed by atoms with Crippen LogP contribution in [0.3, 0.4) is 0 Å². The molecule has 0 atom stereocenters. The maximum Gasteiger partial charge on any atom is 0.273 e. The summed E-state index contributed by atoms with van der Waals surface area (Å²) in [6.07, 6.45) is 1.49. The highest BCUT2D eigenvalue weighted by atomic mass is 16.6. The second kappa shape index (κ2) is 8.60. The zero-order valence-corrected chi connectivity index (χ0v) is 17.1. The molecule has 0 bridgehead atoms. The number of nitrogens with zero attached hydrogens (tertiary/aromatic N) is 3. The molecule has 162 valence electrons. The average Bonchev–Trinajstić information content (AvgIpc) is 3.20. The number of nitrogens with one attached hydrogen (secondary N) is 3. The van der Waals surface area contributed by atoms with E-state index in [1.165, 1.54) is 32.5 Å². The fourth-order valence-corrected chi connectivity index (χ4v) is 3.00. The Morgan fingerprint density at radius 1 is 1.12 bits per heavy atom. The number of hydrogen-bond acceptors (Lipinski definition) is 8. The Labute approximate surface area is 181 Å². The number of aromatic amines is 1. The van der Waals surface area contributed by atoms with Gasteiger partial charge >= 0.3 is 0 Å². The maximum atomic E-state index is 11.8. The lowest BCUT2D eigenvalue weighted by Gasteiger charge is -2.08. The molecule has 4 rings (SSSR count). The number of carbonyl (C=O) groups is 1. The predicted octanol–water partition coefficient (Wildman–Crippen LogP) is 3.77. The smallest absolute Gasteiger partial charge is 0.273 e. The molecule has 3 N–H and O–H groups in total. The summed E-state index contributed by atoms with van der Waals surface area (Å²) in [6.45, 7) is 0. The van der Waals surface area contributed by atoms with Gasteiger partial charge in [0.2, 0.25) is 5.95 Å². The number of rotatable bonds is 7. The Bertz CT molecular complexity index is 1320. The van der Waals surface area contributed by atoms with E-state index >= 15 is 0 Å². The van der Waals surface area contributed by atoms with Crippen LogP contribution in [0.15, 0.2) is 54.7 Å². The summed E-state index contributed by atoms with van der Waals surface area (Å²) in [6, 6.07) is 12.8. The van der Waals surface area contributed by atoms with Crippen LogP contribution in [0.2, 0.25) is 0 Å². The topological polar surface area (TPSA) is 144 Å². The molecule has 0 aliphatic heterocycles. The van der Waals surface area contributed by atoms with Gasteiger partial charge in [-0.3, -0.25) is 19.9 Å². The first-order chi connectivity index (χ1) is 15.5. The van der Waals surface area contributed by atoms with Gasteiger partial charge in [0.25, 0.3) is 11.6 Å². The Hall–Kier alpha value is -4.67. The molecule has 0 saturated heterocycles. The van der Waals surface area contributed by atoms with Crippen LogP contribution in [0, 0.1) is 10.1 Å². The van der Waals surface area contributed by atoms with Crippen LogP contribution in [-0.2, 0) is 0 Å². The van der Waals surface area contributed by atoms with Gasteiger partial charge in [-0.2, -0.15) is 0 Å². The van der Waals surface area contributed by atoms with Crippen LogP contribution in [0.5, 0.6) is 17.2 Å². The SMILES string of the molecule is CNC(=O)c1cc(Oc2ccc3[nH]c(Nc4ccc([N+](=O)[O-])cc4OC)nc3c2)ccn1. The van der Waals surface area contributed by atoms with Gasteiger partial charge in [0.15, 0.2) is 0 Å². The minimum Gasteiger partial charge on any atom is -0.494 e. The highest BCUT2D eigenvalue weighted by molar-refractivity contribution is 5.92. The lowest BCUT2D eigenvalue weighted by Crippen LogP contribution is -2.18. The highest BCUT2D eigenvalue weighted by Gasteiger charge is 2.13. The van der Waals surface area contributed by atoms with Gasteiger partial charge in [0.05, 0.1) is 34.8 Å². The van der Waals surface area contributed by atoms with Gasteiger partial charge in [-0.05, 0) is 24.3 Å². The summed E-state index contributed by atoms with van der Waals surface area (Å²) in [5.41, 5.74) is 2.07. The summed E-state index contributed by atoms with van der Waals surface area (Å²) < 4.78 is 11.1. The van der Waals surface area contributed by atoms with Crippen LogP contribution in [-0.4, -0.2) is 39.9 Å². The molecule has 0 radical (unpaired) electrons. The van der Waals surface area contributed by atoms with E-state index in [1.807, 2.05) is 0 Å². The number of methoxy groups -OCH3 is 1. The van der Waals surface area contributed by atoms with E-state index < -0.39 is 4.92 Å². The Kier molecular flexibility index (Phi) is 5.53. The van der Waals surface area contributed by atoms with Crippen molar-refractivity contribution in [3.63, 3.8) is 0 Å². The van der Waals surface area contributed by atoms with Crippen LogP contribution in [0.4, 0.5) is 17.3 Å². The van der Waals surface area contributed by atoms with Crippen molar-refractivity contribution in [3.8, 4) is 17.2 Å². The van der Waals surface area contributed by atoms with E-state index in [2.05, 4.69) is 25.6 Å². The third kappa shape index (κ3) is 4.26. The second-order valence-corrected chi connectivity index (χ2v) is 6.59. The van der Waals surface area contributed by atoms with Crippen molar-refractivity contribution in [3.05, 3.63) is 70.5 Å². The van der Waals surface area contributed by atoms with Gasteiger partial charge in [-0.1, -0.05) is 0 Å². The molecule has 11 nitrogen and oxygen atoms in total. The summed E-state index contributed by atoms with van der Waals surface area (Å²) in [4.78, 5) is 33.8. The molecule has 0 aliphatic rings. The highest BCUT2D eigenvalue weighted by Crippen LogP contribution is 2.32. The third-order valence-electron chi connectivity index (χ3n) is 4.53. The Morgan fingerprint density at radius 3 is 2.69 bits per heavy atom. The van der Waals surface area contributed by atoms with E-state index in [1.54, 1.807) is 36.4 Å². The second-order valence-electron chi connectivity index (χ2n) is 6.59. The van der Waals surface area contributed by atoms with Crippen molar-refractivity contribution >= 4 is 34.3 Å². The zero-order chi connectivity index (χ0) is 22.7. The fraction of sp³-hybridized carbons (Fsp3) is 0.0952. The molecule has 32 heavy (non-hydrogen) atoms. The van der Waals surface area contributed by atoms with Crippen molar-refractivity contribution in [2.24, 2.45) is 0 Å². The van der Waals surface area contributed by atoms with E-state index in [0.29, 0.717) is 34.4 Å². The number of fused-ring (bicyclic) bond motifs is 1. The van der Waals surface area contributed by atoms with Crippen LogP contribution in [0.1, 0.15) is 10.5 Å². The van der Waals surface area contributed by atoms with Crippen molar-refractivity contribution < 1.29 is 19.2 Å². The summed E-state index contributed by atoms with van der Waals surface area (Å²) in [7, 11) is 2.96. The van der Waals surface area contributed by atoms with E-state index in [9.17, 15) is 14.9 Å². The summed E-state index contributed by atoms with van der Waals surface area (Å²) in [5.74, 6) is 1.42. The zero-order valence-electron chi connectivity index (χ0n) is 17.1. The van der Waals surface area contributed by atoms with Crippen LogP contribution >= 0.6 is 0 Å². The number of ether oxygens (including phenoxy) is 2. The molecular formula is C21H18N6O5. The van der Waals surface area contributed by atoms with Crippen molar-refractivity contribution in [1.29, 1.82) is 0 Å². The molecule has 1 amide bonds. The van der Waals surface area contributed by atoms with Crippen LogP contribution < -0.4 is 20.1 Å². The first-order valence-electron chi connectivity index (χ1n) is 9.42. The van der Waals surface area contributed by atoms with E-state index in [0.717, 1.165) is 5.52 Å². The summed E-state index contributed by atoms with van der Waals surface area (Å²) >= 11 is 0. The molecule has 0 spiro atoms. The van der Waals surface area contributed by atoms with Crippen LogP contribution in [0.25, 0.3) is 11.0 Å². The molecule has 0 saturated carbocycles. The molecular weight excluding hydrogens is 416 g/mol. The standard InChI is InChI=1S/C21H18N6O5/c1-22-20(28)18-11-14(7-8-23-18)32-13-4-6-15-17(10-13)26-21(24-15)25-16-5-3-12(27(29)30)9-19(16)31-2/h3-11H,1-2H3,(H,22,28)(H2,24,25,26). The molecule has 4 aromatic rings. The number of imidazole rings is 1. The van der Waals surface area contributed by atoms with Gasteiger partial charge in [-0.25, -0.2) is 4.98 Å². The van der Waals surface area contributed by atoms with Gasteiger partial charge < -0.3 is 25.1 Å². The number of amides is 1. The number of nitro groups is 1. The molecule has 2 heterocycles. The predicted molar refractivity (Wildman–Crippen MR) is 117 cm³/mol. The molecule has 0 aliphatic carbocycles. The quantitative estimate of drug-likeness (QED) is 0.294. The Morgan fingerprint density at radius 2 is 1.94 bits per heavy atom. The Balaban J connectivity index is 1.56. The van der Waals surface area contributed by atoms with Crippen molar-refractivity contribution in [2.45, 2.75) is 0 Å². The first kappa shape index (κ1) is 20.6. The maximum absolute atomic E-state index is 11.8. The number of benzene rings is 2. The lowest BCUT2D eigenvalue weighted by molar-refractivity contribution is -0.384. The number of carbonyl (C=O) groups excluding carboxylic acids is 1. The third-order valence-corrected chi connectivity index (χ3v) is 4.53. The van der Waals surface area contributed by atoms with E-state index in [-0.39, 0.29) is 17.3 Å². The summed E-state index contributed by atoms with van der Waals surface area (Å²) in [5, 5.41) is 16.5. The monoisotopic (exact) mass is 434 g/mol. The molecule has 0 unspecified atom stereocenters. The van der Waals surface area contributed by atoms with Gasteiger partial charge in [-0.15, -0.1) is 0 Å².